The third-order valence-corrected chi connectivity index (χ3v) is 3.86. The summed E-state index contributed by atoms with van der Waals surface area (Å²) in [7, 11) is 0. The van der Waals surface area contributed by atoms with Crippen molar-refractivity contribution in [2.24, 2.45) is 0 Å². The van der Waals surface area contributed by atoms with Crippen molar-refractivity contribution in [3.05, 3.63) is 56.9 Å². The van der Waals surface area contributed by atoms with Gasteiger partial charge in [-0.2, -0.15) is 0 Å². The zero-order chi connectivity index (χ0) is 12.7. The Bertz CT molecular complexity index is 777. The molecular formula is C13H9ClN2OS. The van der Waals surface area contributed by atoms with Crippen molar-refractivity contribution in [2.45, 2.75) is 6.92 Å². The van der Waals surface area contributed by atoms with E-state index < -0.39 is 0 Å². The molecule has 0 amide bonds. The molecule has 5 heteroatoms. The summed E-state index contributed by atoms with van der Waals surface area (Å²) in [6.45, 7) is 1.95. The molecule has 0 saturated carbocycles. The number of para-hydroxylation sites is 1. The number of fused-ring (bicyclic) bond motifs is 1. The molecule has 0 aliphatic heterocycles. The van der Waals surface area contributed by atoms with Crippen molar-refractivity contribution < 1.29 is 0 Å². The second-order valence-corrected chi connectivity index (χ2v) is 5.51. The third kappa shape index (κ3) is 1.74. The molecular weight excluding hydrogens is 268 g/mol. The van der Waals surface area contributed by atoms with Gasteiger partial charge in [0.1, 0.15) is 4.83 Å². The molecule has 0 unspecified atom stereocenters. The molecule has 2 aromatic heterocycles. The molecule has 18 heavy (non-hydrogen) atoms. The summed E-state index contributed by atoms with van der Waals surface area (Å²) >= 11 is 7.59. The van der Waals surface area contributed by atoms with Gasteiger partial charge >= 0.3 is 0 Å². The Kier molecular flexibility index (Phi) is 2.69. The van der Waals surface area contributed by atoms with Gasteiger partial charge in [-0.1, -0.05) is 18.2 Å². The average Bonchev–Trinajstić information content (AvgIpc) is 2.71. The molecule has 0 aliphatic rings. The van der Waals surface area contributed by atoms with Crippen LogP contribution in [0, 0.1) is 6.92 Å². The summed E-state index contributed by atoms with van der Waals surface area (Å²) in [5, 5.41) is 0.811. The first-order valence-electron chi connectivity index (χ1n) is 5.41. The minimum absolute atomic E-state index is 0.124. The largest absolute Gasteiger partial charge is 0.268 e. The summed E-state index contributed by atoms with van der Waals surface area (Å²) in [6, 6.07) is 11.1. The lowest BCUT2D eigenvalue weighted by Gasteiger charge is -2.07. The van der Waals surface area contributed by atoms with E-state index in [1.54, 1.807) is 0 Å². The highest BCUT2D eigenvalue weighted by Gasteiger charge is 2.12. The molecule has 1 aromatic carbocycles. The summed E-state index contributed by atoms with van der Waals surface area (Å²) in [5.41, 5.74) is 0.603. The molecule has 0 N–H and O–H groups in total. The monoisotopic (exact) mass is 276 g/mol. The lowest BCUT2D eigenvalue weighted by atomic mass is 10.3. The molecule has 0 fully saturated rings. The van der Waals surface area contributed by atoms with Crippen LogP contribution in [0.4, 0.5) is 0 Å². The maximum Gasteiger partial charge on any atom is 0.267 e. The third-order valence-electron chi connectivity index (χ3n) is 2.66. The highest BCUT2D eigenvalue weighted by molar-refractivity contribution is 7.18. The Morgan fingerprint density at radius 1 is 1.28 bits per heavy atom. The van der Waals surface area contributed by atoms with Gasteiger partial charge in [-0.3, -0.25) is 9.36 Å². The second kappa shape index (κ2) is 4.23. The fourth-order valence-corrected chi connectivity index (χ4v) is 3.06. The average molecular weight is 277 g/mol. The number of rotatable bonds is 1. The molecule has 0 saturated heterocycles. The van der Waals surface area contributed by atoms with Crippen molar-refractivity contribution in [3.8, 4) is 5.69 Å². The predicted octanol–water partition coefficient (Wildman–Crippen LogP) is 3.41. The van der Waals surface area contributed by atoms with Crippen molar-refractivity contribution in [1.82, 2.24) is 9.55 Å². The number of benzene rings is 1. The van der Waals surface area contributed by atoms with Crippen LogP contribution in [0.15, 0.2) is 41.2 Å². The first-order chi connectivity index (χ1) is 8.66. The molecule has 0 bridgehead atoms. The zero-order valence-corrected chi connectivity index (χ0v) is 11.1. The molecule has 3 rings (SSSR count). The van der Waals surface area contributed by atoms with Gasteiger partial charge in [-0.25, -0.2) is 4.98 Å². The smallest absolute Gasteiger partial charge is 0.267 e. The van der Waals surface area contributed by atoms with Gasteiger partial charge in [0.05, 0.1) is 11.1 Å². The maximum absolute atomic E-state index is 12.4. The lowest BCUT2D eigenvalue weighted by molar-refractivity contribution is 0.967. The standard InChI is InChI=1S/C13H9ClN2OS/c1-8-7-10-11(18-8)15-13(14)16(12(10)17)9-5-3-2-4-6-9/h2-7H,1H3. The van der Waals surface area contributed by atoms with Crippen LogP contribution in [0.25, 0.3) is 15.9 Å². The van der Waals surface area contributed by atoms with Gasteiger partial charge in [-0.15, -0.1) is 11.3 Å². The molecule has 0 radical (unpaired) electrons. The minimum atomic E-state index is -0.124. The van der Waals surface area contributed by atoms with Crippen LogP contribution in [0.1, 0.15) is 4.88 Å². The molecule has 2 heterocycles. The summed E-state index contributed by atoms with van der Waals surface area (Å²) in [6.07, 6.45) is 0. The second-order valence-electron chi connectivity index (χ2n) is 3.93. The number of thiophene rings is 1. The van der Waals surface area contributed by atoms with Crippen molar-refractivity contribution in [3.63, 3.8) is 0 Å². The molecule has 0 atom stereocenters. The first kappa shape index (κ1) is 11.4. The number of aromatic nitrogens is 2. The van der Waals surface area contributed by atoms with Crippen molar-refractivity contribution >= 4 is 33.2 Å². The highest BCUT2D eigenvalue weighted by Crippen LogP contribution is 2.23. The van der Waals surface area contributed by atoms with E-state index in [9.17, 15) is 4.79 Å². The van der Waals surface area contributed by atoms with E-state index in [0.29, 0.717) is 10.2 Å². The maximum atomic E-state index is 12.4. The number of aryl methyl sites for hydroxylation is 1. The van der Waals surface area contributed by atoms with Crippen molar-refractivity contribution in [1.29, 1.82) is 0 Å². The normalized spacial score (nSPS) is 11.0. The van der Waals surface area contributed by atoms with Crippen LogP contribution in [0.5, 0.6) is 0 Å². The number of halogens is 1. The number of hydrogen-bond donors (Lipinski definition) is 0. The van der Waals surface area contributed by atoms with Crippen molar-refractivity contribution in [2.75, 3.05) is 0 Å². The van der Waals surface area contributed by atoms with E-state index in [4.69, 9.17) is 11.6 Å². The number of nitrogens with zero attached hydrogens (tertiary/aromatic N) is 2. The van der Waals surface area contributed by atoms with E-state index in [-0.39, 0.29) is 10.8 Å². The van der Waals surface area contributed by atoms with E-state index >= 15 is 0 Å². The topological polar surface area (TPSA) is 34.9 Å². The van der Waals surface area contributed by atoms with Gasteiger partial charge in [-0.05, 0) is 36.7 Å². The van der Waals surface area contributed by atoms with E-state index in [1.807, 2.05) is 43.3 Å². The molecule has 3 aromatic rings. The summed E-state index contributed by atoms with van der Waals surface area (Å²) in [4.78, 5) is 18.4. The lowest BCUT2D eigenvalue weighted by Crippen LogP contribution is -2.19. The quantitative estimate of drug-likeness (QED) is 0.639. The molecule has 0 aliphatic carbocycles. The summed E-state index contributed by atoms with van der Waals surface area (Å²) in [5.74, 6) is 0. The van der Waals surface area contributed by atoms with Gasteiger partial charge in [0.2, 0.25) is 5.28 Å². The van der Waals surface area contributed by atoms with Gasteiger partial charge in [0.15, 0.2) is 0 Å². The van der Waals surface area contributed by atoms with E-state index in [1.165, 1.54) is 15.9 Å². The van der Waals surface area contributed by atoms with Crippen LogP contribution < -0.4 is 5.56 Å². The molecule has 3 nitrogen and oxygen atoms in total. The molecule has 0 spiro atoms. The van der Waals surface area contributed by atoms with Crippen LogP contribution in [-0.2, 0) is 0 Å². The Hall–Kier alpha value is -1.65. The summed E-state index contributed by atoms with van der Waals surface area (Å²) < 4.78 is 1.43. The minimum Gasteiger partial charge on any atom is -0.268 e. The van der Waals surface area contributed by atoms with Crippen LogP contribution in [0.3, 0.4) is 0 Å². The Labute approximate surface area is 112 Å². The fourth-order valence-electron chi connectivity index (χ4n) is 1.88. The van der Waals surface area contributed by atoms with Gasteiger partial charge in [0.25, 0.3) is 5.56 Å². The zero-order valence-electron chi connectivity index (χ0n) is 9.55. The highest BCUT2D eigenvalue weighted by atomic mass is 35.5. The van der Waals surface area contributed by atoms with E-state index in [0.717, 1.165) is 10.6 Å². The van der Waals surface area contributed by atoms with Crippen LogP contribution in [0.2, 0.25) is 5.28 Å². The first-order valence-corrected chi connectivity index (χ1v) is 6.60. The van der Waals surface area contributed by atoms with Gasteiger partial charge < -0.3 is 0 Å². The predicted molar refractivity (Wildman–Crippen MR) is 75.0 cm³/mol. The Morgan fingerprint density at radius 2 is 2.00 bits per heavy atom. The number of hydrogen-bond acceptors (Lipinski definition) is 3. The SMILES string of the molecule is Cc1cc2c(=O)n(-c3ccccc3)c(Cl)nc2s1. The molecule has 90 valence electrons. The van der Waals surface area contributed by atoms with Crippen LogP contribution in [-0.4, -0.2) is 9.55 Å². The van der Waals surface area contributed by atoms with Gasteiger partial charge in [0, 0.05) is 4.88 Å². The Morgan fingerprint density at radius 3 is 2.72 bits per heavy atom. The van der Waals surface area contributed by atoms with E-state index in [2.05, 4.69) is 4.98 Å². The van der Waals surface area contributed by atoms with Crippen LogP contribution >= 0.6 is 22.9 Å². The fraction of sp³-hybridized carbons (Fsp3) is 0.0769. The Balaban J connectivity index is 2.40.